The summed E-state index contributed by atoms with van der Waals surface area (Å²) < 4.78 is 30.9. The number of Topliss-reactive ketones (excluding diaryl/α,β-unsaturated/α-hetero) is 1. The van der Waals surface area contributed by atoms with E-state index in [0.29, 0.717) is 0 Å². The fourth-order valence-electron chi connectivity index (χ4n) is 1.60. The van der Waals surface area contributed by atoms with Gasteiger partial charge in [0.05, 0.1) is 6.04 Å². The third-order valence-corrected chi connectivity index (χ3v) is 2.65. The molecule has 0 aliphatic rings. The number of carbonyl (C=O) groups is 1. The van der Waals surface area contributed by atoms with Crippen LogP contribution in [0.4, 0.5) is 8.78 Å². The van der Waals surface area contributed by atoms with Gasteiger partial charge in [0, 0.05) is 17.0 Å². The molecular formula is C12H11F2NO2. The normalized spacial score (nSPS) is 12.9. The van der Waals surface area contributed by atoms with Crippen molar-refractivity contribution in [2.24, 2.45) is 0 Å². The van der Waals surface area contributed by atoms with Crippen LogP contribution in [0.3, 0.4) is 0 Å². The smallest absolute Gasteiger partial charge is 0.278 e. The Morgan fingerprint density at radius 2 is 2.06 bits per heavy atom. The van der Waals surface area contributed by atoms with E-state index in [2.05, 4.69) is 9.73 Å². The minimum Gasteiger partial charge on any atom is -0.428 e. The molecule has 0 spiro atoms. The maximum atomic E-state index is 13.6. The molecule has 5 heteroatoms. The topological polar surface area (TPSA) is 42.2 Å². The van der Waals surface area contributed by atoms with Crippen molar-refractivity contribution in [2.45, 2.75) is 13.0 Å². The van der Waals surface area contributed by atoms with Crippen molar-refractivity contribution in [3.63, 3.8) is 0 Å². The molecule has 0 radical (unpaired) electrons. The zero-order chi connectivity index (χ0) is 12.6. The summed E-state index contributed by atoms with van der Waals surface area (Å²) in [5.41, 5.74) is 0.0220. The molecule has 0 fully saturated rings. The van der Waals surface area contributed by atoms with Gasteiger partial charge in [0.2, 0.25) is 0 Å². The lowest BCUT2D eigenvalue weighted by Crippen LogP contribution is -2.30. The molecule has 1 atom stereocenters. The van der Waals surface area contributed by atoms with Gasteiger partial charge in [-0.15, -0.1) is 0 Å². The highest BCUT2D eigenvalue weighted by molar-refractivity contribution is 6.02. The van der Waals surface area contributed by atoms with Crippen molar-refractivity contribution in [1.29, 1.82) is 0 Å². The van der Waals surface area contributed by atoms with Crippen LogP contribution in [0.1, 0.15) is 17.3 Å². The molecular weight excluding hydrogens is 228 g/mol. The third-order valence-electron chi connectivity index (χ3n) is 2.65. The van der Waals surface area contributed by atoms with Crippen molar-refractivity contribution in [2.75, 3.05) is 7.05 Å². The number of benzene rings is 1. The second kappa shape index (κ2) is 4.25. The number of rotatable bonds is 3. The maximum absolute atomic E-state index is 13.6. The standard InChI is InChI=1S/C12H11F2NO2/c1-6(15-2)11(16)7-3-8-5-10(14)17-12(8)9(13)4-7/h3-6,15H,1-2H3/t6-/m0/s1. The van der Waals surface area contributed by atoms with Gasteiger partial charge < -0.3 is 9.73 Å². The summed E-state index contributed by atoms with van der Waals surface area (Å²) in [6, 6.07) is 2.23. The molecule has 1 N–H and O–H groups in total. The summed E-state index contributed by atoms with van der Waals surface area (Å²) in [4.78, 5) is 11.8. The minimum absolute atomic E-state index is 0.170. The molecule has 1 aromatic heterocycles. The Morgan fingerprint density at radius 3 is 2.71 bits per heavy atom. The largest absolute Gasteiger partial charge is 0.428 e. The zero-order valence-corrected chi connectivity index (χ0v) is 9.38. The van der Waals surface area contributed by atoms with Crippen molar-refractivity contribution in [3.05, 3.63) is 35.6 Å². The molecule has 0 saturated carbocycles. The van der Waals surface area contributed by atoms with Crippen LogP contribution in [0.5, 0.6) is 0 Å². The molecule has 0 aliphatic heterocycles. The lowest BCUT2D eigenvalue weighted by Gasteiger charge is -2.08. The lowest BCUT2D eigenvalue weighted by molar-refractivity contribution is 0.0955. The number of likely N-dealkylation sites (N-methyl/N-ethyl adjacent to an activating group) is 1. The quantitative estimate of drug-likeness (QED) is 0.837. The first-order valence-corrected chi connectivity index (χ1v) is 5.13. The van der Waals surface area contributed by atoms with E-state index in [4.69, 9.17) is 0 Å². The predicted octanol–water partition coefficient (Wildman–Crippen LogP) is 2.50. The van der Waals surface area contributed by atoms with Gasteiger partial charge in [-0.3, -0.25) is 4.79 Å². The highest BCUT2D eigenvalue weighted by Gasteiger charge is 2.17. The van der Waals surface area contributed by atoms with E-state index < -0.39 is 17.9 Å². The van der Waals surface area contributed by atoms with Crippen LogP contribution in [-0.2, 0) is 0 Å². The fourth-order valence-corrected chi connectivity index (χ4v) is 1.60. The van der Waals surface area contributed by atoms with Crippen molar-refractivity contribution >= 4 is 16.8 Å². The molecule has 0 aliphatic carbocycles. The van der Waals surface area contributed by atoms with E-state index in [1.54, 1.807) is 14.0 Å². The minimum atomic E-state index is -0.870. The summed E-state index contributed by atoms with van der Waals surface area (Å²) in [5, 5.41) is 3.01. The van der Waals surface area contributed by atoms with Crippen molar-refractivity contribution in [3.8, 4) is 0 Å². The monoisotopic (exact) mass is 239 g/mol. The first-order valence-electron chi connectivity index (χ1n) is 5.13. The van der Waals surface area contributed by atoms with Crippen molar-refractivity contribution in [1.82, 2.24) is 5.32 Å². The van der Waals surface area contributed by atoms with Crippen LogP contribution in [0.15, 0.2) is 22.6 Å². The first kappa shape index (κ1) is 11.7. The summed E-state index contributed by atoms with van der Waals surface area (Å²) in [6.07, 6.45) is 0. The molecule has 0 saturated heterocycles. The number of hydrogen-bond acceptors (Lipinski definition) is 3. The number of ketones is 1. The Labute approximate surface area is 96.4 Å². The summed E-state index contributed by atoms with van der Waals surface area (Å²) >= 11 is 0. The number of fused-ring (bicyclic) bond motifs is 1. The summed E-state index contributed by atoms with van der Waals surface area (Å²) in [6.45, 7) is 1.67. The number of furan rings is 1. The molecule has 17 heavy (non-hydrogen) atoms. The number of halogens is 2. The number of nitrogens with one attached hydrogen (secondary N) is 1. The zero-order valence-electron chi connectivity index (χ0n) is 9.38. The summed E-state index contributed by atoms with van der Waals surface area (Å²) in [7, 11) is 1.63. The van der Waals surface area contributed by atoms with Gasteiger partial charge in [0.15, 0.2) is 17.2 Å². The Kier molecular flexibility index (Phi) is 2.93. The van der Waals surface area contributed by atoms with E-state index in [1.807, 2.05) is 0 Å². The van der Waals surface area contributed by atoms with Gasteiger partial charge in [0.1, 0.15) is 0 Å². The molecule has 90 valence electrons. The van der Waals surface area contributed by atoms with Gasteiger partial charge in [-0.1, -0.05) is 0 Å². The van der Waals surface area contributed by atoms with E-state index >= 15 is 0 Å². The number of carbonyl (C=O) groups excluding carboxylic acids is 1. The van der Waals surface area contributed by atoms with Crippen LogP contribution < -0.4 is 5.32 Å². The molecule has 2 aromatic rings. The second-order valence-corrected chi connectivity index (χ2v) is 3.80. The van der Waals surface area contributed by atoms with Gasteiger partial charge >= 0.3 is 0 Å². The van der Waals surface area contributed by atoms with Gasteiger partial charge in [-0.25, -0.2) is 4.39 Å². The second-order valence-electron chi connectivity index (χ2n) is 3.80. The average molecular weight is 239 g/mol. The van der Waals surface area contributed by atoms with Gasteiger partial charge in [-0.2, -0.15) is 4.39 Å². The first-order chi connectivity index (χ1) is 8.02. The van der Waals surface area contributed by atoms with Crippen LogP contribution >= 0.6 is 0 Å². The molecule has 0 bridgehead atoms. The Bertz CT molecular complexity index is 577. The molecule has 1 aromatic carbocycles. The van der Waals surface area contributed by atoms with E-state index in [1.165, 1.54) is 6.07 Å². The molecule has 2 rings (SSSR count). The SMILES string of the molecule is CN[C@@H](C)C(=O)c1cc(F)c2oc(F)cc2c1. The molecule has 0 unspecified atom stereocenters. The molecule has 3 nitrogen and oxygen atoms in total. The Balaban J connectivity index is 2.53. The van der Waals surface area contributed by atoms with Crippen LogP contribution in [-0.4, -0.2) is 18.9 Å². The Hall–Kier alpha value is -1.75. The number of hydrogen-bond donors (Lipinski definition) is 1. The van der Waals surface area contributed by atoms with E-state index in [9.17, 15) is 13.6 Å². The van der Waals surface area contributed by atoms with E-state index in [-0.39, 0.29) is 22.3 Å². The highest BCUT2D eigenvalue weighted by Crippen LogP contribution is 2.23. The van der Waals surface area contributed by atoms with Crippen LogP contribution in [0.2, 0.25) is 0 Å². The average Bonchev–Trinajstić information content (AvgIpc) is 2.68. The third kappa shape index (κ3) is 2.06. The molecule has 1 heterocycles. The van der Waals surface area contributed by atoms with E-state index in [0.717, 1.165) is 12.1 Å². The fraction of sp³-hybridized carbons (Fsp3) is 0.250. The van der Waals surface area contributed by atoms with Gasteiger partial charge in [-0.05, 0) is 26.1 Å². The lowest BCUT2D eigenvalue weighted by atomic mass is 10.0. The maximum Gasteiger partial charge on any atom is 0.278 e. The highest BCUT2D eigenvalue weighted by atomic mass is 19.1. The van der Waals surface area contributed by atoms with Crippen molar-refractivity contribution < 1.29 is 18.0 Å². The Morgan fingerprint density at radius 1 is 1.35 bits per heavy atom. The predicted molar refractivity (Wildman–Crippen MR) is 59.0 cm³/mol. The van der Waals surface area contributed by atoms with Gasteiger partial charge in [0.25, 0.3) is 6.01 Å². The van der Waals surface area contributed by atoms with Crippen LogP contribution in [0, 0.1) is 11.8 Å². The van der Waals surface area contributed by atoms with Crippen LogP contribution in [0.25, 0.3) is 11.0 Å². The summed E-state index contributed by atoms with van der Waals surface area (Å²) in [5.74, 6) is -0.993. The molecule has 0 amide bonds.